The van der Waals surface area contributed by atoms with Crippen molar-refractivity contribution >= 4 is 5.97 Å². The van der Waals surface area contributed by atoms with Gasteiger partial charge in [-0.2, -0.15) is 0 Å². The molecule has 0 rings (SSSR count). The fraction of sp³-hybridized carbons (Fsp3) is 0.750. The first-order valence-corrected chi connectivity index (χ1v) is 5.39. The van der Waals surface area contributed by atoms with Crippen LogP contribution in [0.4, 0.5) is 0 Å². The molecule has 0 aromatic carbocycles. The summed E-state index contributed by atoms with van der Waals surface area (Å²) < 4.78 is 5.20. The van der Waals surface area contributed by atoms with Gasteiger partial charge in [0.15, 0.2) is 0 Å². The maximum absolute atomic E-state index is 11.4. The molecule has 1 unspecified atom stereocenters. The van der Waals surface area contributed by atoms with E-state index >= 15 is 0 Å². The van der Waals surface area contributed by atoms with E-state index in [1.165, 1.54) is 0 Å². The molecule has 0 aliphatic carbocycles. The van der Waals surface area contributed by atoms with Crippen LogP contribution in [0.1, 0.15) is 47.5 Å². The van der Waals surface area contributed by atoms with Gasteiger partial charge in [-0.15, -0.1) is 0 Å². The third-order valence-electron chi connectivity index (χ3n) is 2.10. The fourth-order valence-electron chi connectivity index (χ4n) is 1.18. The van der Waals surface area contributed by atoms with Crippen molar-refractivity contribution < 1.29 is 9.53 Å². The lowest BCUT2D eigenvalue weighted by Crippen LogP contribution is -2.24. The summed E-state index contributed by atoms with van der Waals surface area (Å²) in [6.07, 6.45) is 3.04. The SMILES string of the molecule is C/C=C(/N)C(C)CCC(=O)OC(C)(C)C. The van der Waals surface area contributed by atoms with Crippen LogP contribution in [0, 0.1) is 5.92 Å². The Morgan fingerprint density at radius 3 is 2.40 bits per heavy atom. The summed E-state index contributed by atoms with van der Waals surface area (Å²) in [6.45, 7) is 9.52. The minimum absolute atomic E-state index is 0.154. The highest BCUT2D eigenvalue weighted by molar-refractivity contribution is 5.69. The lowest BCUT2D eigenvalue weighted by molar-refractivity contribution is -0.155. The molecule has 0 saturated carbocycles. The molecule has 0 aliphatic rings. The van der Waals surface area contributed by atoms with E-state index in [1.54, 1.807) is 0 Å². The molecular weight excluding hydrogens is 190 g/mol. The second-order valence-electron chi connectivity index (χ2n) is 4.81. The van der Waals surface area contributed by atoms with Gasteiger partial charge >= 0.3 is 5.97 Å². The maximum Gasteiger partial charge on any atom is 0.306 e. The molecule has 0 bridgehead atoms. The minimum Gasteiger partial charge on any atom is -0.460 e. The zero-order valence-corrected chi connectivity index (χ0v) is 10.5. The Bertz CT molecular complexity index is 238. The Morgan fingerprint density at radius 1 is 1.47 bits per heavy atom. The first-order chi connectivity index (χ1) is 6.76. The molecule has 88 valence electrons. The Labute approximate surface area is 92.7 Å². The molecule has 0 radical (unpaired) electrons. The van der Waals surface area contributed by atoms with Gasteiger partial charge in [-0.1, -0.05) is 13.0 Å². The standard InChI is InChI=1S/C12H23NO2/c1-6-10(13)9(2)7-8-11(14)15-12(3,4)5/h6,9H,7-8,13H2,1-5H3/b10-6+. The zero-order valence-electron chi connectivity index (χ0n) is 10.5. The zero-order chi connectivity index (χ0) is 12.1. The van der Waals surface area contributed by atoms with E-state index in [9.17, 15) is 4.79 Å². The van der Waals surface area contributed by atoms with Crippen molar-refractivity contribution in [1.82, 2.24) is 0 Å². The molecule has 0 aromatic rings. The van der Waals surface area contributed by atoms with Crippen LogP contribution in [0.3, 0.4) is 0 Å². The second-order valence-corrected chi connectivity index (χ2v) is 4.81. The number of esters is 1. The predicted molar refractivity (Wildman–Crippen MR) is 62.2 cm³/mol. The van der Waals surface area contributed by atoms with Crippen molar-refractivity contribution in [2.75, 3.05) is 0 Å². The van der Waals surface area contributed by atoms with Gasteiger partial charge < -0.3 is 10.5 Å². The smallest absolute Gasteiger partial charge is 0.306 e. The van der Waals surface area contributed by atoms with Gasteiger partial charge in [0.1, 0.15) is 5.60 Å². The number of hydrogen-bond donors (Lipinski definition) is 1. The molecule has 0 aromatic heterocycles. The molecule has 0 amide bonds. The number of rotatable bonds is 4. The van der Waals surface area contributed by atoms with E-state index in [0.717, 1.165) is 12.1 Å². The fourth-order valence-corrected chi connectivity index (χ4v) is 1.18. The van der Waals surface area contributed by atoms with Gasteiger partial charge in [0, 0.05) is 12.1 Å². The van der Waals surface area contributed by atoms with Crippen LogP contribution in [0.15, 0.2) is 11.8 Å². The molecule has 15 heavy (non-hydrogen) atoms. The first kappa shape index (κ1) is 14.0. The van der Waals surface area contributed by atoms with Crippen molar-refractivity contribution in [3.05, 3.63) is 11.8 Å². The molecule has 0 aliphatic heterocycles. The van der Waals surface area contributed by atoms with Crippen molar-refractivity contribution in [3.8, 4) is 0 Å². The van der Waals surface area contributed by atoms with E-state index in [0.29, 0.717) is 6.42 Å². The number of ether oxygens (including phenoxy) is 1. The number of nitrogens with two attached hydrogens (primary N) is 1. The third kappa shape index (κ3) is 7.00. The lowest BCUT2D eigenvalue weighted by atomic mass is 10.0. The van der Waals surface area contributed by atoms with Crippen molar-refractivity contribution in [2.45, 2.75) is 53.1 Å². The summed E-state index contributed by atoms with van der Waals surface area (Å²) in [5, 5.41) is 0. The van der Waals surface area contributed by atoms with E-state index in [-0.39, 0.29) is 11.9 Å². The normalized spacial score (nSPS) is 14.9. The van der Waals surface area contributed by atoms with Crippen LogP contribution in [-0.2, 0) is 9.53 Å². The van der Waals surface area contributed by atoms with Crippen molar-refractivity contribution in [1.29, 1.82) is 0 Å². The average Bonchev–Trinajstić information content (AvgIpc) is 2.10. The van der Waals surface area contributed by atoms with Gasteiger partial charge in [-0.3, -0.25) is 4.79 Å². The van der Waals surface area contributed by atoms with Crippen LogP contribution in [0.5, 0.6) is 0 Å². The van der Waals surface area contributed by atoms with Crippen LogP contribution < -0.4 is 5.73 Å². The highest BCUT2D eigenvalue weighted by atomic mass is 16.6. The predicted octanol–water partition coefficient (Wildman–Crippen LogP) is 2.61. The maximum atomic E-state index is 11.4. The first-order valence-electron chi connectivity index (χ1n) is 5.39. The number of carbonyl (C=O) groups excluding carboxylic acids is 1. The largest absolute Gasteiger partial charge is 0.460 e. The molecular formula is C12H23NO2. The van der Waals surface area contributed by atoms with Crippen LogP contribution in [-0.4, -0.2) is 11.6 Å². The van der Waals surface area contributed by atoms with Gasteiger partial charge in [0.05, 0.1) is 0 Å². The van der Waals surface area contributed by atoms with E-state index in [4.69, 9.17) is 10.5 Å². The molecule has 0 heterocycles. The number of allylic oxidation sites excluding steroid dienone is 2. The van der Waals surface area contributed by atoms with Crippen LogP contribution in [0.25, 0.3) is 0 Å². The monoisotopic (exact) mass is 213 g/mol. The molecule has 0 saturated heterocycles. The van der Waals surface area contributed by atoms with Gasteiger partial charge in [-0.25, -0.2) is 0 Å². The van der Waals surface area contributed by atoms with E-state index in [2.05, 4.69) is 0 Å². The average molecular weight is 213 g/mol. The minimum atomic E-state index is -0.396. The van der Waals surface area contributed by atoms with E-state index in [1.807, 2.05) is 40.7 Å². The topological polar surface area (TPSA) is 52.3 Å². The quantitative estimate of drug-likeness (QED) is 0.730. The highest BCUT2D eigenvalue weighted by Crippen LogP contribution is 2.15. The molecule has 0 fully saturated rings. The van der Waals surface area contributed by atoms with Gasteiger partial charge in [0.2, 0.25) is 0 Å². The molecule has 1 atom stereocenters. The summed E-state index contributed by atoms with van der Waals surface area (Å²) in [5.41, 5.74) is 6.17. The second kappa shape index (κ2) is 5.79. The molecule has 3 heteroatoms. The summed E-state index contributed by atoms with van der Waals surface area (Å²) >= 11 is 0. The molecule has 2 N–H and O–H groups in total. The Morgan fingerprint density at radius 2 is 2.00 bits per heavy atom. The summed E-state index contributed by atoms with van der Waals surface area (Å²) in [7, 11) is 0. The molecule has 0 spiro atoms. The Kier molecular flexibility index (Phi) is 5.40. The van der Waals surface area contributed by atoms with Gasteiger partial charge in [-0.05, 0) is 40.0 Å². The number of carbonyl (C=O) groups is 1. The lowest BCUT2D eigenvalue weighted by Gasteiger charge is -2.20. The third-order valence-corrected chi connectivity index (χ3v) is 2.10. The van der Waals surface area contributed by atoms with Crippen LogP contribution >= 0.6 is 0 Å². The summed E-state index contributed by atoms with van der Waals surface area (Å²) in [6, 6.07) is 0. The van der Waals surface area contributed by atoms with Crippen molar-refractivity contribution in [2.24, 2.45) is 11.7 Å². The Balaban J connectivity index is 3.92. The molecule has 3 nitrogen and oxygen atoms in total. The van der Waals surface area contributed by atoms with Crippen molar-refractivity contribution in [3.63, 3.8) is 0 Å². The van der Waals surface area contributed by atoms with Gasteiger partial charge in [0.25, 0.3) is 0 Å². The highest BCUT2D eigenvalue weighted by Gasteiger charge is 2.17. The Hall–Kier alpha value is -0.990. The number of hydrogen-bond acceptors (Lipinski definition) is 3. The van der Waals surface area contributed by atoms with E-state index < -0.39 is 5.60 Å². The summed E-state index contributed by atoms with van der Waals surface area (Å²) in [4.78, 5) is 11.4. The summed E-state index contributed by atoms with van der Waals surface area (Å²) in [5.74, 6) is 0.0840. The van der Waals surface area contributed by atoms with Crippen LogP contribution in [0.2, 0.25) is 0 Å².